The van der Waals surface area contributed by atoms with Crippen LogP contribution in [0.3, 0.4) is 0 Å². The number of carbonyl (C=O) groups is 2. The van der Waals surface area contributed by atoms with E-state index >= 15 is 0 Å². The lowest BCUT2D eigenvalue weighted by molar-refractivity contribution is -0.133. The van der Waals surface area contributed by atoms with Crippen molar-refractivity contribution in [2.75, 3.05) is 19.6 Å². The summed E-state index contributed by atoms with van der Waals surface area (Å²) < 4.78 is 0. The number of amides is 2. The number of carbonyl (C=O) groups excluding carboxylic acids is 2. The van der Waals surface area contributed by atoms with Crippen LogP contribution in [-0.2, 0) is 4.79 Å². The standard InChI is InChI=1S/C20H22N2O2/c1-15-8-6-7-11-18(15)20(24)21-12-13-22(16(2)23)19(14-21)17-9-4-3-5-10-17/h3-11,19H,12-14H2,1-2H3. The highest BCUT2D eigenvalue weighted by atomic mass is 16.2. The van der Waals surface area contributed by atoms with Gasteiger partial charge in [-0.3, -0.25) is 9.59 Å². The zero-order chi connectivity index (χ0) is 17.1. The molecule has 0 saturated carbocycles. The van der Waals surface area contributed by atoms with Crippen LogP contribution >= 0.6 is 0 Å². The molecule has 2 aromatic carbocycles. The highest BCUT2D eigenvalue weighted by molar-refractivity contribution is 5.95. The van der Waals surface area contributed by atoms with E-state index in [0.717, 1.165) is 16.7 Å². The van der Waals surface area contributed by atoms with Crippen molar-refractivity contribution in [3.05, 3.63) is 71.3 Å². The Hall–Kier alpha value is -2.62. The molecule has 0 radical (unpaired) electrons. The van der Waals surface area contributed by atoms with Gasteiger partial charge in [0.15, 0.2) is 0 Å². The SMILES string of the molecule is CC(=O)N1CCN(C(=O)c2ccccc2C)CC1c1ccccc1. The van der Waals surface area contributed by atoms with Crippen molar-refractivity contribution in [1.29, 1.82) is 0 Å². The number of piperazine rings is 1. The van der Waals surface area contributed by atoms with Crippen LogP contribution in [0.5, 0.6) is 0 Å². The quantitative estimate of drug-likeness (QED) is 0.853. The molecule has 1 aliphatic rings. The minimum Gasteiger partial charge on any atom is -0.334 e. The van der Waals surface area contributed by atoms with E-state index in [-0.39, 0.29) is 17.9 Å². The summed E-state index contributed by atoms with van der Waals surface area (Å²) in [7, 11) is 0. The molecule has 4 heteroatoms. The number of hydrogen-bond acceptors (Lipinski definition) is 2. The van der Waals surface area contributed by atoms with Crippen molar-refractivity contribution in [3.63, 3.8) is 0 Å². The second-order valence-electron chi connectivity index (χ2n) is 6.20. The van der Waals surface area contributed by atoms with Gasteiger partial charge in [-0.1, -0.05) is 48.5 Å². The fourth-order valence-electron chi connectivity index (χ4n) is 3.29. The van der Waals surface area contributed by atoms with Crippen molar-refractivity contribution in [2.24, 2.45) is 0 Å². The van der Waals surface area contributed by atoms with Gasteiger partial charge in [-0.05, 0) is 24.1 Å². The summed E-state index contributed by atoms with van der Waals surface area (Å²) in [5.74, 6) is 0.0871. The number of rotatable bonds is 2. The Kier molecular flexibility index (Phi) is 4.65. The third-order valence-electron chi connectivity index (χ3n) is 4.63. The third kappa shape index (κ3) is 3.18. The molecule has 1 fully saturated rings. The predicted molar refractivity (Wildman–Crippen MR) is 93.7 cm³/mol. The number of benzene rings is 2. The van der Waals surface area contributed by atoms with Gasteiger partial charge in [0.2, 0.25) is 5.91 Å². The minimum atomic E-state index is -0.0922. The molecule has 0 aliphatic carbocycles. The summed E-state index contributed by atoms with van der Waals surface area (Å²) >= 11 is 0. The summed E-state index contributed by atoms with van der Waals surface area (Å²) in [4.78, 5) is 28.6. The monoisotopic (exact) mass is 322 g/mol. The molecule has 1 atom stereocenters. The molecule has 1 aliphatic heterocycles. The summed E-state index contributed by atoms with van der Waals surface area (Å²) in [6, 6.07) is 17.5. The second-order valence-corrected chi connectivity index (χ2v) is 6.20. The first-order valence-electron chi connectivity index (χ1n) is 8.25. The van der Waals surface area contributed by atoms with Crippen molar-refractivity contribution in [2.45, 2.75) is 19.9 Å². The number of nitrogens with zero attached hydrogens (tertiary/aromatic N) is 2. The molecule has 0 bridgehead atoms. The van der Waals surface area contributed by atoms with Crippen molar-refractivity contribution in [3.8, 4) is 0 Å². The number of hydrogen-bond donors (Lipinski definition) is 0. The Morgan fingerprint density at radius 3 is 2.29 bits per heavy atom. The average molecular weight is 322 g/mol. The van der Waals surface area contributed by atoms with Crippen molar-refractivity contribution >= 4 is 11.8 Å². The van der Waals surface area contributed by atoms with E-state index in [9.17, 15) is 9.59 Å². The van der Waals surface area contributed by atoms with Gasteiger partial charge in [0.05, 0.1) is 6.04 Å². The van der Waals surface area contributed by atoms with Crippen molar-refractivity contribution < 1.29 is 9.59 Å². The summed E-state index contributed by atoms with van der Waals surface area (Å²) in [6.07, 6.45) is 0. The molecular weight excluding hydrogens is 300 g/mol. The summed E-state index contributed by atoms with van der Waals surface area (Å²) in [5, 5.41) is 0. The highest BCUT2D eigenvalue weighted by Crippen LogP contribution is 2.26. The Morgan fingerprint density at radius 2 is 1.62 bits per heavy atom. The Morgan fingerprint density at radius 1 is 0.958 bits per heavy atom. The summed E-state index contributed by atoms with van der Waals surface area (Å²) in [6.45, 7) is 5.20. The van der Waals surface area contributed by atoms with Crippen LogP contribution in [0.25, 0.3) is 0 Å². The topological polar surface area (TPSA) is 40.6 Å². The van der Waals surface area contributed by atoms with Gasteiger partial charge in [0.1, 0.15) is 0 Å². The maximum Gasteiger partial charge on any atom is 0.254 e. The molecular formula is C20H22N2O2. The lowest BCUT2D eigenvalue weighted by atomic mass is 10.0. The van der Waals surface area contributed by atoms with E-state index < -0.39 is 0 Å². The van der Waals surface area contributed by atoms with Crippen LogP contribution in [0.15, 0.2) is 54.6 Å². The van der Waals surface area contributed by atoms with Crippen LogP contribution in [0, 0.1) is 6.92 Å². The van der Waals surface area contributed by atoms with Gasteiger partial charge in [0.25, 0.3) is 5.91 Å². The zero-order valence-electron chi connectivity index (χ0n) is 14.1. The molecule has 4 nitrogen and oxygen atoms in total. The minimum absolute atomic E-state index is 0.0391. The molecule has 0 spiro atoms. The lowest BCUT2D eigenvalue weighted by Crippen LogP contribution is -2.51. The van der Waals surface area contributed by atoms with Gasteiger partial charge in [-0.25, -0.2) is 0 Å². The molecule has 124 valence electrons. The second kappa shape index (κ2) is 6.87. The average Bonchev–Trinajstić information content (AvgIpc) is 2.61. The first kappa shape index (κ1) is 16.2. The van der Waals surface area contributed by atoms with E-state index in [0.29, 0.717) is 19.6 Å². The van der Waals surface area contributed by atoms with Gasteiger partial charge in [-0.2, -0.15) is 0 Å². The van der Waals surface area contributed by atoms with E-state index in [1.54, 1.807) is 6.92 Å². The maximum absolute atomic E-state index is 12.9. The van der Waals surface area contributed by atoms with Crippen LogP contribution in [0.2, 0.25) is 0 Å². The van der Waals surface area contributed by atoms with Crippen molar-refractivity contribution in [1.82, 2.24) is 9.80 Å². The maximum atomic E-state index is 12.9. The van der Waals surface area contributed by atoms with Gasteiger partial charge >= 0.3 is 0 Å². The predicted octanol–water partition coefficient (Wildman–Crippen LogP) is 3.04. The number of aryl methyl sites for hydroxylation is 1. The lowest BCUT2D eigenvalue weighted by Gasteiger charge is -2.41. The molecule has 1 saturated heterocycles. The van der Waals surface area contributed by atoms with Crippen LogP contribution < -0.4 is 0 Å². The van der Waals surface area contributed by atoms with Gasteiger partial charge in [0, 0.05) is 32.1 Å². The van der Waals surface area contributed by atoms with E-state index in [2.05, 4.69) is 0 Å². The third-order valence-corrected chi connectivity index (χ3v) is 4.63. The fraction of sp³-hybridized carbons (Fsp3) is 0.300. The van der Waals surface area contributed by atoms with E-state index in [1.807, 2.05) is 71.3 Å². The molecule has 0 aromatic heterocycles. The molecule has 3 rings (SSSR count). The van der Waals surface area contributed by atoms with Gasteiger partial charge in [-0.15, -0.1) is 0 Å². The van der Waals surface area contributed by atoms with Crippen LogP contribution in [0.1, 0.15) is 34.5 Å². The fourth-order valence-corrected chi connectivity index (χ4v) is 3.29. The Labute approximate surface area is 142 Å². The molecule has 2 aromatic rings. The largest absolute Gasteiger partial charge is 0.334 e. The van der Waals surface area contributed by atoms with E-state index in [4.69, 9.17) is 0 Å². The van der Waals surface area contributed by atoms with Crippen LogP contribution in [-0.4, -0.2) is 41.2 Å². The molecule has 1 heterocycles. The Bertz CT molecular complexity index is 742. The summed E-state index contributed by atoms with van der Waals surface area (Å²) in [5.41, 5.74) is 2.78. The van der Waals surface area contributed by atoms with Crippen LogP contribution in [0.4, 0.5) is 0 Å². The zero-order valence-corrected chi connectivity index (χ0v) is 14.1. The normalized spacial score (nSPS) is 17.7. The smallest absolute Gasteiger partial charge is 0.254 e. The first-order chi connectivity index (χ1) is 11.6. The van der Waals surface area contributed by atoms with Gasteiger partial charge < -0.3 is 9.80 Å². The Balaban J connectivity index is 1.87. The highest BCUT2D eigenvalue weighted by Gasteiger charge is 2.32. The van der Waals surface area contributed by atoms with E-state index in [1.165, 1.54) is 0 Å². The molecule has 0 N–H and O–H groups in total. The molecule has 1 unspecified atom stereocenters. The molecule has 24 heavy (non-hydrogen) atoms. The molecule has 2 amide bonds. The first-order valence-corrected chi connectivity index (χ1v) is 8.25.